The second-order valence-electron chi connectivity index (χ2n) is 7.88. The van der Waals surface area contributed by atoms with Crippen molar-refractivity contribution in [2.45, 2.75) is 32.1 Å². The third kappa shape index (κ3) is 4.81. The molecule has 1 fully saturated rings. The number of hydrogen-bond acceptors (Lipinski definition) is 5. The molecule has 6 nitrogen and oxygen atoms in total. The minimum atomic E-state index is -0.360. The van der Waals surface area contributed by atoms with Crippen LogP contribution in [0.1, 0.15) is 43.2 Å². The van der Waals surface area contributed by atoms with Gasteiger partial charge in [-0.25, -0.2) is 0 Å². The number of nitrogens with zero attached hydrogens (tertiary/aromatic N) is 1. The van der Waals surface area contributed by atoms with E-state index in [2.05, 4.69) is 6.92 Å². The van der Waals surface area contributed by atoms with E-state index in [9.17, 15) is 9.90 Å². The summed E-state index contributed by atoms with van der Waals surface area (Å²) in [6.07, 6.45) is 2.42. The Morgan fingerprint density at radius 1 is 1.10 bits per heavy atom. The fraction of sp³-hybridized carbons (Fsp3) is 0.458. The Bertz CT molecular complexity index is 865. The fourth-order valence-corrected chi connectivity index (χ4v) is 4.17. The predicted octanol–water partition coefficient (Wildman–Crippen LogP) is 4.20. The molecule has 0 spiro atoms. The van der Waals surface area contributed by atoms with Crippen molar-refractivity contribution in [1.82, 2.24) is 4.90 Å². The molecule has 0 aromatic heterocycles. The van der Waals surface area contributed by atoms with Crippen LogP contribution < -0.4 is 14.2 Å². The van der Waals surface area contributed by atoms with Gasteiger partial charge in [0.1, 0.15) is 23.0 Å². The van der Waals surface area contributed by atoms with E-state index in [1.54, 1.807) is 26.4 Å². The van der Waals surface area contributed by atoms with Crippen LogP contribution in [0.2, 0.25) is 0 Å². The van der Waals surface area contributed by atoms with E-state index < -0.39 is 0 Å². The van der Waals surface area contributed by atoms with Gasteiger partial charge in [0.05, 0.1) is 21.3 Å². The summed E-state index contributed by atoms with van der Waals surface area (Å²) in [6, 6.07) is 10.9. The number of carbonyl (C=O) groups is 1. The van der Waals surface area contributed by atoms with Gasteiger partial charge in [0.2, 0.25) is 5.91 Å². The molecule has 1 heterocycles. The van der Waals surface area contributed by atoms with Gasteiger partial charge < -0.3 is 24.2 Å². The fourth-order valence-electron chi connectivity index (χ4n) is 4.17. The van der Waals surface area contributed by atoms with Crippen LogP contribution in [0.5, 0.6) is 23.0 Å². The number of likely N-dealkylation sites (tertiary alicyclic amines) is 1. The van der Waals surface area contributed by atoms with Crippen molar-refractivity contribution >= 4 is 5.91 Å². The maximum absolute atomic E-state index is 13.2. The summed E-state index contributed by atoms with van der Waals surface area (Å²) in [7, 11) is 4.71. The third-order valence-electron chi connectivity index (χ3n) is 5.80. The van der Waals surface area contributed by atoms with E-state index in [1.165, 1.54) is 7.11 Å². The zero-order valence-electron chi connectivity index (χ0n) is 18.2. The number of benzene rings is 2. The molecule has 1 aliphatic rings. The quantitative estimate of drug-likeness (QED) is 0.737. The largest absolute Gasteiger partial charge is 0.507 e. The highest BCUT2D eigenvalue weighted by molar-refractivity contribution is 5.78. The van der Waals surface area contributed by atoms with E-state index >= 15 is 0 Å². The number of carbonyl (C=O) groups excluding carboxylic acids is 1. The molecular formula is C24H31NO5. The molecule has 0 unspecified atom stereocenters. The van der Waals surface area contributed by atoms with Crippen LogP contribution in [0.15, 0.2) is 36.4 Å². The minimum Gasteiger partial charge on any atom is -0.507 e. The molecule has 1 amide bonds. The molecule has 2 aromatic carbocycles. The van der Waals surface area contributed by atoms with Crippen molar-refractivity contribution in [1.29, 1.82) is 0 Å². The molecule has 1 saturated heterocycles. The first kappa shape index (κ1) is 21.8. The van der Waals surface area contributed by atoms with Gasteiger partial charge in [-0.2, -0.15) is 0 Å². The second kappa shape index (κ2) is 9.74. The van der Waals surface area contributed by atoms with Crippen LogP contribution in [0, 0.1) is 5.92 Å². The van der Waals surface area contributed by atoms with Crippen molar-refractivity contribution in [3.63, 3.8) is 0 Å². The van der Waals surface area contributed by atoms with Gasteiger partial charge >= 0.3 is 0 Å². The van der Waals surface area contributed by atoms with E-state index in [4.69, 9.17) is 14.2 Å². The van der Waals surface area contributed by atoms with Crippen LogP contribution in [0.4, 0.5) is 0 Å². The number of ether oxygens (including phenoxy) is 3. The van der Waals surface area contributed by atoms with Crippen molar-refractivity contribution < 1.29 is 24.1 Å². The standard InChI is InChI=1S/C24H31NO5/c1-16-6-5-11-25(15-16)23(27)14-20(17-7-9-18(28-2)10-8-17)24-21(26)12-19(29-3)13-22(24)30-4/h7-10,12-13,16,20,26H,5-6,11,14-15H2,1-4H3/t16-,20+/m0/s1. The number of rotatable bonds is 7. The molecule has 2 atom stereocenters. The summed E-state index contributed by atoms with van der Waals surface area (Å²) in [5.41, 5.74) is 1.50. The number of amides is 1. The van der Waals surface area contributed by atoms with Crippen molar-refractivity contribution in [2.24, 2.45) is 5.92 Å². The first-order valence-electron chi connectivity index (χ1n) is 10.3. The molecule has 0 saturated carbocycles. The number of phenols is 1. The lowest BCUT2D eigenvalue weighted by molar-refractivity contribution is -0.133. The van der Waals surface area contributed by atoms with Crippen molar-refractivity contribution in [3.8, 4) is 23.0 Å². The van der Waals surface area contributed by atoms with Crippen LogP contribution >= 0.6 is 0 Å². The summed E-state index contributed by atoms with van der Waals surface area (Å²) < 4.78 is 16.1. The molecular weight excluding hydrogens is 382 g/mol. The van der Waals surface area contributed by atoms with Gasteiger partial charge in [0, 0.05) is 43.1 Å². The molecule has 1 aliphatic heterocycles. The highest BCUT2D eigenvalue weighted by Gasteiger charge is 2.29. The van der Waals surface area contributed by atoms with E-state index in [0.717, 1.165) is 37.2 Å². The van der Waals surface area contributed by atoms with E-state index in [1.807, 2.05) is 29.2 Å². The molecule has 6 heteroatoms. The van der Waals surface area contributed by atoms with Gasteiger partial charge in [-0.05, 0) is 36.5 Å². The van der Waals surface area contributed by atoms with Crippen LogP contribution in [0.3, 0.4) is 0 Å². The minimum absolute atomic E-state index is 0.0480. The van der Waals surface area contributed by atoms with Gasteiger partial charge in [-0.1, -0.05) is 19.1 Å². The van der Waals surface area contributed by atoms with Gasteiger partial charge in [-0.15, -0.1) is 0 Å². The summed E-state index contributed by atoms with van der Waals surface area (Å²) in [5.74, 6) is 2.00. The average Bonchev–Trinajstić information content (AvgIpc) is 2.77. The molecule has 3 rings (SSSR count). The topological polar surface area (TPSA) is 68.2 Å². The number of aromatic hydroxyl groups is 1. The molecule has 30 heavy (non-hydrogen) atoms. The van der Waals surface area contributed by atoms with Gasteiger partial charge in [0.15, 0.2) is 0 Å². The first-order chi connectivity index (χ1) is 14.5. The van der Waals surface area contributed by atoms with E-state index in [-0.39, 0.29) is 24.0 Å². The van der Waals surface area contributed by atoms with Crippen molar-refractivity contribution in [3.05, 3.63) is 47.5 Å². The van der Waals surface area contributed by atoms with Gasteiger partial charge in [-0.3, -0.25) is 4.79 Å². The summed E-state index contributed by atoms with van der Waals surface area (Å²) >= 11 is 0. The third-order valence-corrected chi connectivity index (χ3v) is 5.80. The molecule has 1 N–H and O–H groups in total. The number of phenolic OH excluding ortho intramolecular Hbond substituents is 1. The normalized spacial score (nSPS) is 17.3. The summed E-state index contributed by atoms with van der Waals surface area (Å²) in [5, 5.41) is 10.8. The average molecular weight is 414 g/mol. The summed E-state index contributed by atoms with van der Waals surface area (Å²) in [6.45, 7) is 3.74. The highest BCUT2D eigenvalue weighted by atomic mass is 16.5. The zero-order valence-corrected chi connectivity index (χ0v) is 18.2. The molecule has 0 aliphatic carbocycles. The second-order valence-corrected chi connectivity index (χ2v) is 7.88. The van der Waals surface area contributed by atoms with Gasteiger partial charge in [0.25, 0.3) is 0 Å². The number of methoxy groups -OCH3 is 3. The Labute approximate surface area is 178 Å². The highest BCUT2D eigenvalue weighted by Crippen LogP contribution is 2.43. The lowest BCUT2D eigenvalue weighted by atomic mass is 9.86. The maximum Gasteiger partial charge on any atom is 0.223 e. The van der Waals surface area contributed by atoms with E-state index in [0.29, 0.717) is 23.0 Å². The lowest BCUT2D eigenvalue weighted by Crippen LogP contribution is -2.39. The molecule has 2 aromatic rings. The lowest BCUT2D eigenvalue weighted by Gasteiger charge is -2.32. The Balaban J connectivity index is 2.00. The smallest absolute Gasteiger partial charge is 0.223 e. The number of piperidine rings is 1. The Morgan fingerprint density at radius 2 is 1.80 bits per heavy atom. The monoisotopic (exact) mass is 413 g/mol. The number of hydrogen-bond donors (Lipinski definition) is 1. The van der Waals surface area contributed by atoms with Crippen LogP contribution in [-0.4, -0.2) is 50.3 Å². The van der Waals surface area contributed by atoms with Crippen LogP contribution in [0.25, 0.3) is 0 Å². The Hall–Kier alpha value is -2.89. The SMILES string of the molecule is COc1ccc([C@@H](CC(=O)N2CCC[C@H](C)C2)c2c(O)cc(OC)cc2OC)cc1. The first-order valence-corrected chi connectivity index (χ1v) is 10.3. The molecule has 0 radical (unpaired) electrons. The molecule has 162 valence electrons. The van der Waals surface area contributed by atoms with Crippen LogP contribution in [-0.2, 0) is 4.79 Å². The Morgan fingerprint density at radius 3 is 2.40 bits per heavy atom. The van der Waals surface area contributed by atoms with Crippen molar-refractivity contribution in [2.75, 3.05) is 34.4 Å². The predicted molar refractivity (Wildman–Crippen MR) is 116 cm³/mol. The zero-order chi connectivity index (χ0) is 21.7. The Kier molecular flexibility index (Phi) is 7.08. The molecule has 0 bridgehead atoms. The summed E-state index contributed by atoms with van der Waals surface area (Å²) in [4.78, 5) is 15.2. The maximum atomic E-state index is 13.2.